The molecule has 0 N–H and O–H groups in total. The van der Waals surface area contributed by atoms with Gasteiger partial charge in [-0.2, -0.15) is 0 Å². The lowest BCUT2D eigenvalue weighted by Gasteiger charge is -2.12. The molecular formula is C17H16ClNO7. The van der Waals surface area contributed by atoms with Gasteiger partial charge in [-0.05, 0) is 18.2 Å². The zero-order chi connectivity index (χ0) is 19.3. The van der Waals surface area contributed by atoms with Gasteiger partial charge in [0.05, 0.1) is 32.3 Å². The molecule has 0 radical (unpaired) electrons. The van der Waals surface area contributed by atoms with Crippen molar-refractivity contribution in [1.29, 1.82) is 0 Å². The zero-order valence-electron chi connectivity index (χ0n) is 14.3. The second kappa shape index (κ2) is 8.39. The van der Waals surface area contributed by atoms with E-state index in [1.165, 1.54) is 27.4 Å². The molecule has 26 heavy (non-hydrogen) atoms. The van der Waals surface area contributed by atoms with Gasteiger partial charge >= 0.3 is 5.97 Å². The summed E-state index contributed by atoms with van der Waals surface area (Å²) in [5.74, 6) is -0.110. The minimum Gasteiger partial charge on any atom is -0.496 e. The van der Waals surface area contributed by atoms with Gasteiger partial charge in [-0.3, -0.25) is 10.1 Å². The van der Waals surface area contributed by atoms with Crippen molar-refractivity contribution in [1.82, 2.24) is 0 Å². The maximum atomic E-state index is 12.4. The van der Waals surface area contributed by atoms with Gasteiger partial charge in [0.15, 0.2) is 11.5 Å². The Labute approximate surface area is 154 Å². The SMILES string of the molecule is COc1ccc(Cl)cc1COC(=O)c1cc(OC)c(OC)cc1[N+](=O)[O-]. The molecule has 0 fully saturated rings. The predicted molar refractivity (Wildman–Crippen MR) is 93.3 cm³/mol. The van der Waals surface area contributed by atoms with Gasteiger partial charge in [-0.25, -0.2) is 4.79 Å². The number of benzene rings is 2. The number of hydrogen-bond acceptors (Lipinski definition) is 7. The number of carbonyl (C=O) groups is 1. The normalized spacial score (nSPS) is 10.2. The van der Waals surface area contributed by atoms with Crippen molar-refractivity contribution in [2.45, 2.75) is 6.61 Å². The van der Waals surface area contributed by atoms with Crippen LogP contribution in [0.4, 0.5) is 5.69 Å². The van der Waals surface area contributed by atoms with Crippen LogP contribution in [0.1, 0.15) is 15.9 Å². The summed E-state index contributed by atoms with van der Waals surface area (Å²) in [4.78, 5) is 23.0. The molecule has 0 heterocycles. The van der Waals surface area contributed by atoms with E-state index in [1.54, 1.807) is 18.2 Å². The van der Waals surface area contributed by atoms with Gasteiger partial charge in [-0.1, -0.05) is 11.6 Å². The Morgan fingerprint density at radius 2 is 1.65 bits per heavy atom. The molecule has 0 unspecified atom stereocenters. The average Bonchev–Trinajstić information content (AvgIpc) is 2.64. The Morgan fingerprint density at radius 1 is 1.04 bits per heavy atom. The van der Waals surface area contributed by atoms with E-state index in [-0.39, 0.29) is 23.7 Å². The van der Waals surface area contributed by atoms with Crippen LogP contribution in [0.3, 0.4) is 0 Å². The van der Waals surface area contributed by atoms with Crippen LogP contribution in [0.15, 0.2) is 30.3 Å². The lowest BCUT2D eigenvalue weighted by atomic mass is 10.1. The van der Waals surface area contributed by atoms with E-state index >= 15 is 0 Å². The van der Waals surface area contributed by atoms with Crippen molar-refractivity contribution < 1.29 is 28.7 Å². The summed E-state index contributed by atoms with van der Waals surface area (Å²) in [5.41, 5.74) is -0.184. The first-order chi connectivity index (χ1) is 12.4. The summed E-state index contributed by atoms with van der Waals surface area (Å²) >= 11 is 5.93. The van der Waals surface area contributed by atoms with Crippen molar-refractivity contribution in [2.24, 2.45) is 0 Å². The molecule has 2 aromatic carbocycles. The summed E-state index contributed by atoms with van der Waals surface area (Å²) in [6, 6.07) is 7.15. The number of carbonyl (C=O) groups excluding carboxylic acids is 1. The molecule has 0 saturated heterocycles. The fraction of sp³-hybridized carbons (Fsp3) is 0.235. The number of esters is 1. The van der Waals surface area contributed by atoms with Crippen LogP contribution in [-0.2, 0) is 11.3 Å². The highest BCUT2D eigenvalue weighted by molar-refractivity contribution is 6.30. The number of nitrogens with zero attached hydrogens (tertiary/aromatic N) is 1. The number of nitro benzene ring substituents is 1. The van der Waals surface area contributed by atoms with E-state index in [4.69, 9.17) is 30.5 Å². The molecule has 0 spiro atoms. The molecule has 9 heteroatoms. The second-order valence-corrected chi connectivity index (χ2v) is 5.45. The monoisotopic (exact) mass is 381 g/mol. The number of methoxy groups -OCH3 is 3. The lowest BCUT2D eigenvalue weighted by molar-refractivity contribution is -0.385. The molecule has 0 aromatic heterocycles. The molecular weight excluding hydrogens is 366 g/mol. The van der Waals surface area contributed by atoms with E-state index in [2.05, 4.69) is 0 Å². The minimum absolute atomic E-state index is 0.132. The van der Waals surface area contributed by atoms with Gasteiger partial charge in [0, 0.05) is 16.7 Å². The van der Waals surface area contributed by atoms with Gasteiger partial charge in [0.1, 0.15) is 17.9 Å². The van der Waals surface area contributed by atoms with Gasteiger partial charge in [0.2, 0.25) is 0 Å². The number of halogens is 1. The summed E-state index contributed by atoms with van der Waals surface area (Å²) in [7, 11) is 4.16. The summed E-state index contributed by atoms with van der Waals surface area (Å²) in [5, 5.41) is 11.7. The first kappa shape index (κ1) is 19.3. The number of ether oxygens (including phenoxy) is 4. The standard InChI is InChI=1S/C17H16ClNO7/c1-23-14-5-4-11(18)6-10(14)9-26-17(20)12-7-15(24-2)16(25-3)8-13(12)19(21)22/h4-8H,9H2,1-3H3. The van der Waals surface area contributed by atoms with E-state index in [0.717, 1.165) is 6.07 Å². The molecule has 2 aromatic rings. The minimum atomic E-state index is -0.889. The number of rotatable bonds is 7. The molecule has 8 nitrogen and oxygen atoms in total. The van der Waals surface area contributed by atoms with Crippen LogP contribution >= 0.6 is 11.6 Å². The molecule has 0 aliphatic rings. The second-order valence-electron chi connectivity index (χ2n) is 5.01. The van der Waals surface area contributed by atoms with Crippen molar-refractivity contribution in [3.63, 3.8) is 0 Å². The van der Waals surface area contributed by atoms with E-state index in [0.29, 0.717) is 16.3 Å². The van der Waals surface area contributed by atoms with Crippen molar-refractivity contribution >= 4 is 23.3 Å². The van der Waals surface area contributed by atoms with Crippen molar-refractivity contribution in [2.75, 3.05) is 21.3 Å². The molecule has 138 valence electrons. The van der Waals surface area contributed by atoms with E-state index in [9.17, 15) is 14.9 Å². The number of nitro groups is 1. The van der Waals surface area contributed by atoms with Crippen LogP contribution in [0, 0.1) is 10.1 Å². The fourth-order valence-electron chi connectivity index (χ4n) is 2.26. The fourth-order valence-corrected chi connectivity index (χ4v) is 2.46. The Morgan fingerprint density at radius 3 is 2.23 bits per heavy atom. The third-order valence-corrected chi connectivity index (χ3v) is 3.75. The van der Waals surface area contributed by atoms with Gasteiger partial charge < -0.3 is 18.9 Å². The topological polar surface area (TPSA) is 97.1 Å². The van der Waals surface area contributed by atoms with Crippen molar-refractivity contribution in [3.05, 3.63) is 56.6 Å². The van der Waals surface area contributed by atoms with E-state index < -0.39 is 16.6 Å². The molecule has 0 bridgehead atoms. The van der Waals surface area contributed by atoms with Crippen LogP contribution in [0.25, 0.3) is 0 Å². The van der Waals surface area contributed by atoms with Crippen LogP contribution < -0.4 is 14.2 Å². The average molecular weight is 382 g/mol. The Hall–Kier alpha value is -3.00. The molecule has 0 amide bonds. The molecule has 0 atom stereocenters. The smallest absolute Gasteiger partial charge is 0.345 e. The molecule has 2 rings (SSSR count). The van der Waals surface area contributed by atoms with E-state index in [1.807, 2.05) is 0 Å². The van der Waals surface area contributed by atoms with Crippen LogP contribution in [0.2, 0.25) is 5.02 Å². The first-order valence-electron chi connectivity index (χ1n) is 7.31. The quantitative estimate of drug-likeness (QED) is 0.410. The first-order valence-corrected chi connectivity index (χ1v) is 7.69. The predicted octanol–water partition coefficient (Wildman–Crippen LogP) is 3.63. The summed E-state index contributed by atoms with van der Waals surface area (Å²) in [6.45, 7) is -0.173. The Balaban J connectivity index is 2.32. The lowest BCUT2D eigenvalue weighted by Crippen LogP contribution is -2.10. The third-order valence-electron chi connectivity index (χ3n) is 3.52. The zero-order valence-corrected chi connectivity index (χ0v) is 15.0. The summed E-state index contributed by atoms with van der Waals surface area (Å²) in [6.07, 6.45) is 0. The summed E-state index contributed by atoms with van der Waals surface area (Å²) < 4.78 is 20.5. The largest absolute Gasteiger partial charge is 0.496 e. The van der Waals surface area contributed by atoms with Crippen LogP contribution in [0.5, 0.6) is 17.2 Å². The molecule has 0 aliphatic carbocycles. The molecule has 0 aliphatic heterocycles. The molecule has 0 saturated carbocycles. The van der Waals surface area contributed by atoms with Crippen molar-refractivity contribution in [3.8, 4) is 17.2 Å². The maximum absolute atomic E-state index is 12.4. The Kier molecular flexibility index (Phi) is 6.24. The third kappa shape index (κ3) is 4.15. The highest BCUT2D eigenvalue weighted by atomic mass is 35.5. The highest BCUT2D eigenvalue weighted by Gasteiger charge is 2.26. The van der Waals surface area contributed by atoms with Gasteiger partial charge in [-0.15, -0.1) is 0 Å². The number of hydrogen-bond donors (Lipinski definition) is 0. The highest BCUT2D eigenvalue weighted by Crippen LogP contribution is 2.35. The maximum Gasteiger partial charge on any atom is 0.345 e. The van der Waals surface area contributed by atoms with Crippen LogP contribution in [-0.4, -0.2) is 32.2 Å². The van der Waals surface area contributed by atoms with Gasteiger partial charge in [0.25, 0.3) is 5.69 Å². The Bertz CT molecular complexity index is 838.